The number of benzene rings is 2. The highest BCUT2D eigenvalue weighted by atomic mass is 32.2. The third-order valence-electron chi connectivity index (χ3n) is 3.78. The number of anilines is 2. The number of rotatable bonds is 9. The lowest BCUT2D eigenvalue weighted by Gasteiger charge is -2.24. The van der Waals surface area contributed by atoms with Crippen LogP contribution in [0.2, 0.25) is 0 Å². The first kappa shape index (κ1) is 21.6. The zero-order chi connectivity index (χ0) is 20.8. The largest absolute Gasteiger partial charge is 0.324 e. The van der Waals surface area contributed by atoms with E-state index >= 15 is 0 Å². The van der Waals surface area contributed by atoms with Gasteiger partial charge in [-0.2, -0.15) is 0 Å². The number of para-hydroxylation sites is 2. The van der Waals surface area contributed by atoms with E-state index < -0.39 is 31.5 Å². The zero-order valence-electron chi connectivity index (χ0n) is 15.4. The van der Waals surface area contributed by atoms with Crippen molar-refractivity contribution >= 4 is 37.1 Å². The monoisotopic (exact) mass is 422 g/mol. The molecule has 0 aromatic heterocycles. The molecule has 2 aromatic rings. The van der Waals surface area contributed by atoms with E-state index in [1.165, 1.54) is 28.6 Å². The molecule has 0 bridgehead atoms. The summed E-state index contributed by atoms with van der Waals surface area (Å²) < 4.78 is 51.2. The maximum Gasteiger partial charge on any atom is 0.266 e. The third-order valence-corrected chi connectivity index (χ3v) is 7.19. The number of amides is 1. The average Bonchev–Trinajstić information content (AvgIpc) is 2.62. The number of hydrogen-bond acceptors (Lipinski definition) is 5. The Kier molecular flexibility index (Phi) is 6.98. The predicted octanol–water partition coefficient (Wildman–Crippen LogP) is 2.44. The number of nitrogens with one attached hydrogen (secondary N) is 1. The maximum atomic E-state index is 13.2. The SMILES string of the molecule is C=CCS(=O)(=O)CC(=O)Nc1ccccc1S(=O)(=O)N(CC)c1ccccc1. The summed E-state index contributed by atoms with van der Waals surface area (Å²) in [7, 11) is -7.63. The van der Waals surface area contributed by atoms with Crippen LogP contribution in [0.5, 0.6) is 0 Å². The second kappa shape index (κ2) is 9.03. The fraction of sp³-hybridized carbons (Fsp3) is 0.211. The fourth-order valence-corrected chi connectivity index (χ4v) is 5.20. The standard InChI is InChI=1S/C19H22N2O5S2/c1-3-14-27(23,24)15-19(22)20-17-12-8-9-13-18(17)28(25,26)21(4-2)16-10-6-5-7-11-16/h3,5-13H,1,4,14-15H2,2H3,(H,20,22). The van der Waals surface area contributed by atoms with E-state index in [1.807, 2.05) is 0 Å². The smallest absolute Gasteiger partial charge is 0.266 e. The van der Waals surface area contributed by atoms with Gasteiger partial charge in [0.2, 0.25) is 5.91 Å². The Labute approximate surface area is 165 Å². The van der Waals surface area contributed by atoms with Gasteiger partial charge in [0.15, 0.2) is 9.84 Å². The molecule has 0 unspecified atom stereocenters. The summed E-state index contributed by atoms with van der Waals surface area (Å²) in [5.74, 6) is -1.91. The van der Waals surface area contributed by atoms with Gasteiger partial charge in [0.25, 0.3) is 10.0 Å². The summed E-state index contributed by atoms with van der Waals surface area (Å²) >= 11 is 0. The van der Waals surface area contributed by atoms with E-state index in [4.69, 9.17) is 0 Å². The van der Waals surface area contributed by atoms with Crippen molar-refractivity contribution < 1.29 is 21.6 Å². The molecule has 0 saturated carbocycles. The first-order chi connectivity index (χ1) is 13.2. The van der Waals surface area contributed by atoms with Crippen molar-refractivity contribution in [3.63, 3.8) is 0 Å². The molecule has 0 atom stereocenters. The van der Waals surface area contributed by atoms with Crippen molar-refractivity contribution in [1.29, 1.82) is 0 Å². The second-order valence-corrected chi connectivity index (χ2v) is 9.83. The van der Waals surface area contributed by atoms with E-state index in [1.54, 1.807) is 43.3 Å². The van der Waals surface area contributed by atoms with Crippen molar-refractivity contribution in [3.8, 4) is 0 Å². The van der Waals surface area contributed by atoms with Gasteiger partial charge < -0.3 is 5.32 Å². The minimum absolute atomic E-state index is 0.0238. The molecule has 0 heterocycles. The fourth-order valence-electron chi connectivity index (χ4n) is 2.62. The summed E-state index contributed by atoms with van der Waals surface area (Å²) in [6, 6.07) is 14.5. The van der Waals surface area contributed by atoms with Gasteiger partial charge in [-0.25, -0.2) is 16.8 Å². The third kappa shape index (κ3) is 5.20. The van der Waals surface area contributed by atoms with Crippen LogP contribution in [-0.2, 0) is 24.7 Å². The number of sulfonamides is 1. The molecule has 7 nitrogen and oxygen atoms in total. The van der Waals surface area contributed by atoms with Gasteiger partial charge in [0.05, 0.1) is 17.1 Å². The molecule has 2 rings (SSSR count). The van der Waals surface area contributed by atoms with Crippen LogP contribution in [0.15, 0.2) is 72.1 Å². The Hall–Kier alpha value is -2.65. The molecule has 1 N–H and O–H groups in total. The molecular formula is C19H22N2O5S2. The summed E-state index contributed by atoms with van der Waals surface area (Å²) in [6.45, 7) is 5.23. The molecule has 9 heteroatoms. The van der Waals surface area contributed by atoms with Crippen LogP contribution in [0, 0.1) is 0 Å². The molecule has 0 spiro atoms. The van der Waals surface area contributed by atoms with Crippen LogP contribution in [0.3, 0.4) is 0 Å². The Morgan fingerprint density at radius 2 is 1.64 bits per heavy atom. The number of sulfone groups is 1. The predicted molar refractivity (Wildman–Crippen MR) is 111 cm³/mol. The quantitative estimate of drug-likeness (QED) is 0.626. The van der Waals surface area contributed by atoms with E-state index in [9.17, 15) is 21.6 Å². The number of carbonyl (C=O) groups is 1. The number of nitrogens with zero attached hydrogens (tertiary/aromatic N) is 1. The number of carbonyl (C=O) groups excluding carboxylic acids is 1. The second-order valence-electron chi connectivity index (χ2n) is 5.89. The molecule has 28 heavy (non-hydrogen) atoms. The normalized spacial score (nSPS) is 11.6. The summed E-state index contributed by atoms with van der Waals surface area (Å²) in [5.41, 5.74) is 0.510. The van der Waals surface area contributed by atoms with Gasteiger partial charge in [0.1, 0.15) is 10.6 Å². The van der Waals surface area contributed by atoms with Crippen molar-refractivity contribution in [2.75, 3.05) is 27.7 Å². The molecule has 0 saturated heterocycles. The molecule has 0 fully saturated rings. The molecule has 0 radical (unpaired) electrons. The van der Waals surface area contributed by atoms with Gasteiger partial charge in [-0.05, 0) is 31.2 Å². The molecule has 0 aliphatic carbocycles. The van der Waals surface area contributed by atoms with Crippen LogP contribution in [0.25, 0.3) is 0 Å². The average molecular weight is 423 g/mol. The van der Waals surface area contributed by atoms with E-state index in [0.29, 0.717) is 5.69 Å². The maximum absolute atomic E-state index is 13.2. The Balaban J connectivity index is 2.37. The lowest BCUT2D eigenvalue weighted by Crippen LogP contribution is -2.32. The summed E-state index contributed by atoms with van der Waals surface area (Å²) in [5, 5.41) is 2.40. The Morgan fingerprint density at radius 1 is 1.04 bits per heavy atom. The highest BCUT2D eigenvalue weighted by molar-refractivity contribution is 7.93. The molecular weight excluding hydrogens is 400 g/mol. The van der Waals surface area contributed by atoms with Crippen LogP contribution in [0.4, 0.5) is 11.4 Å². The molecule has 0 aliphatic rings. The highest BCUT2D eigenvalue weighted by Gasteiger charge is 2.27. The lowest BCUT2D eigenvalue weighted by molar-refractivity contribution is -0.113. The summed E-state index contributed by atoms with van der Waals surface area (Å²) in [6.07, 6.45) is 1.19. The van der Waals surface area contributed by atoms with Crippen molar-refractivity contribution in [3.05, 3.63) is 67.3 Å². The van der Waals surface area contributed by atoms with Gasteiger partial charge in [-0.1, -0.05) is 36.4 Å². The minimum Gasteiger partial charge on any atom is -0.324 e. The van der Waals surface area contributed by atoms with Crippen LogP contribution < -0.4 is 9.62 Å². The Bertz CT molecular complexity index is 1050. The molecule has 2 aromatic carbocycles. The molecule has 0 aliphatic heterocycles. The first-order valence-electron chi connectivity index (χ1n) is 8.49. The molecule has 1 amide bonds. The zero-order valence-corrected chi connectivity index (χ0v) is 17.0. The van der Waals surface area contributed by atoms with Gasteiger partial charge in [-0.3, -0.25) is 9.10 Å². The van der Waals surface area contributed by atoms with Crippen LogP contribution in [-0.4, -0.2) is 40.8 Å². The van der Waals surface area contributed by atoms with E-state index in [2.05, 4.69) is 11.9 Å². The first-order valence-corrected chi connectivity index (χ1v) is 11.8. The van der Waals surface area contributed by atoms with Gasteiger partial charge in [0, 0.05) is 6.54 Å². The van der Waals surface area contributed by atoms with E-state index in [0.717, 1.165) is 0 Å². The molecule has 150 valence electrons. The highest BCUT2D eigenvalue weighted by Crippen LogP contribution is 2.28. The summed E-state index contributed by atoms with van der Waals surface area (Å²) in [4.78, 5) is 12.0. The van der Waals surface area contributed by atoms with Gasteiger partial charge in [-0.15, -0.1) is 6.58 Å². The van der Waals surface area contributed by atoms with Crippen molar-refractivity contribution in [2.24, 2.45) is 0 Å². The topological polar surface area (TPSA) is 101 Å². The van der Waals surface area contributed by atoms with Crippen LogP contribution in [0.1, 0.15) is 6.92 Å². The van der Waals surface area contributed by atoms with Crippen molar-refractivity contribution in [1.82, 2.24) is 0 Å². The van der Waals surface area contributed by atoms with Gasteiger partial charge >= 0.3 is 0 Å². The van der Waals surface area contributed by atoms with Crippen LogP contribution >= 0.6 is 0 Å². The minimum atomic E-state index is -3.98. The van der Waals surface area contributed by atoms with E-state index in [-0.39, 0.29) is 22.9 Å². The Morgan fingerprint density at radius 3 is 2.25 bits per heavy atom. The van der Waals surface area contributed by atoms with Crippen molar-refractivity contribution in [2.45, 2.75) is 11.8 Å². The number of hydrogen-bond donors (Lipinski definition) is 1. The lowest BCUT2D eigenvalue weighted by atomic mass is 10.3.